The highest BCUT2D eigenvalue weighted by atomic mass is 16.5. The van der Waals surface area contributed by atoms with Crippen LogP contribution in [0.15, 0.2) is 12.4 Å². The molecule has 17 heavy (non-hydrogen) atoms. The number of methoxy groups -OCH3 is 1. The molecular formula is C12H19N3O2. The van der Waals surface area contributed by atoms with Crippen molar-refractivity contribution in [1.29, 1.82) is 0 Å². The number of rotatable bonds is 5. The van der Waals surface area contributed by atoms with Crippen molar-refractivity contribution in [1.82, 2.24) is 9.97 Å². The fraction of sp³-hybridized carbons (Fsp3) is 0.583. The lowest BCUT2D eigenvalue weighted by atomic mass is 10.1. The number of hydrogen-bond acceptors (Lipinski definition) is 5. The van der Waals surface area contributed by atoms with Crippen LogP contribution in [0.1, 0.15) is 31.9 Å². The van der Waals surface area contributed by atoms with E-state index in [1.807, 2.05) is 6.07 Å². The van der Waals surface area contributed by atoms with Crippen molar-refractivity contribution in [2.75, 3.05) is 25.6 Å². The molecule has 0 radical (unpaired) electrons. The van der Waals surface area contributed by atoms with E-state index in [1.165, 1.54) is 13.4 Å². The standard InChI is InChI=1S/C12H19N3O2/c1-5-9(2)10-6-11(14-8-13-10)15(3)7-12(16)17-4/h6,8-9H,5,7H2,1-4H3. The summed E-state index contributed by atoms with van der Waals surface area (Å²) < 4.78 is 4.62. The van der Waals surface area contributed by atoms with Crippen LogP contribution in [0, 0.1) is 0 Å². The van der Waals surface area contributed by atoms with E-state index >= 15 is 0 Å². The van der Waals surface area contributed by atoms with Gasteiger partial charge in [0, 0.05) is 18.8 Å². The summed E-state index contributed by atoms with van der Waals surface area (Å²) >= 11 is 0. The predicted octanol–water partition coefficient (Wildman–Crippen LogP) is 1.60. The summed E-state index contributed by atoms with van der Waals surface area (Å²) in [7, 11) is 3.18. The fourth-order valence-electron chi connectivity index (χ4n) is 1.39. The number of esters is 1. The molecule has 0 spiro atoms. The summed E-state index contributed by atoms with van der Waals surface area (Å²) in [6.45, 7) is 4.42. The van der Waals surface area contributed by atoms with Crippen LogP contribution in [0.3, 0.4) is 0 Å². The molecule has 0 N–H and O–H groups in total. The second-order valence-electron chi connectivity index (χ2n) is 4.04. The molecule has 94 valence electrons. The number of nitrogens with zero attached hydrogens (tertiary/aromatic N) is 3. The van der Waals surface area contributed by atoms with Gasteiger partial charge in [-0.3, -0.25) is 4.79 Å². The Morgan fingerprint density at radius 3 is 2.82 bits per heavy atom. The quantitative estimate of drug-likeness (QED) is 0.728. The molecule has 1 heterocycles. The predicted molar refractivity (Wildman–Crippen MR) is 66.0 cm³/mol. The third kappa shape index (κ3) is 3.69. The van der Waals surface area contributed by atoms with Gasteiger partial charge in [-0.05, 0) is 12.3 Å². The molecule has 0 bridgehead atoms. The molecule has 0 aliphatic rings. The summed E-state index contributed by atoms with van der Waals surface area (Å²) in [5.74, 6) is 0.847. The molecule has 1 aromatic heterocycles. The van der Waals surface area contributed by atoms with Crippen molar-refractivity contribution in [3.8, 4) is 0 Å². The highest BCUT2D eigenvalue weighted by molar-refractivity contribution is 5.74. The van der Waals surface area contributed by atoms with Gasteiger partial charge in [0.25, 0.3) is 0 Å². The topological polar surface area (TPSA) is 55.3 Å². The lowest BCUT2D eigenvalue weighted by molar-refractivity contribution is -0.138. The van der Waals surface area contributed by atoms with Crippen LogP contribution in [0.2, 0.25) is 0 Å². The number of ether oxygens (including phenoxy) is 1. The number of anilines is 1. The molecule has 1 atom stereocenters. The minimum Gasteiger partial charge on any atom is -0.468 e. The van der Waals surface area contributed by atoms with Crippen LogP contribution >= 0.6 is 0 Å². The molecule has 0 fully saturated rings. The molecule has 5 nitrogen and oxygen atoms in total. The first kappa shape index (κ1) is 13.4. The summed E-state index contributed by atoms with van der Waals surface area (Å²) in [5, 5.41) is 0. The molecule has 1 unspecified atom stereocenters. The number of carbonyl (C=O) groups excluding carboxylic acids is 1. The second-order valence-corrected chi connectivity index (χ2v) is 4.04. The largest absolute Gasteiger partial charge is 0.468 e. The van der Waals surface area contributed by atoms with Gasteiger partial charge in [-0.15, -0.1) is 0 Å². The number of hydrogen-bond donors (Lipinski definition) is 0. The molecule has 0 aliphatic carbocycles. The van der Waals surface area contributed by atoms with Gasteiger partial charge in [-0.2, -0.15) is 0 Å². The Balaban J connectivity index is 2.80. The normalized spacial score (nSPS) is 12.0. The zero-order chi connectivity index (χ0) is 12.8. The van der Waals surface area contributed by atoms with Crippen LogP contribution in [-0.2, 0) is 9.53 Å². The third-order valence-corrected chi connectivity index (χ3v) is 2.78. The maximum absolute atomic E-state index is 11.2. The van der Waals surface area contributed by atoms with Crippen molar-refractivity contribution in [3.63, 3.8) is 0 Å². The highest BCUT2D eigenvalue weighted by Crippen LogP contribution is 2.19. The first-order valence-electron chi connectivity index (χ1n) is 5.68. The van der Waals surface area contributed by atoms with Gasteiger partial charge in [0.1, 0.15) is 18.7 Å². The Bertz CT molecular complexity index is 382. The summed E-state index contributed by atoms with van der Waals surface area (Å²) in [4.78, 5) is 21.3. The lowest BCUT2D eigenvalue weighted by Crippen LogP contribution is -2.27. The van der Waals surface area contributed by atoms with Crippen molar-refractivity contribution in [3.05, 3.63) is 18.1 Å². The Labute approximate surface area is 102 Å². The molecule has 0 aliphatic heterocycles. The van der Waals surface area contributed by atoms with E-state index in [9.17, 15) is 4.79 Å². The Kier molecular flexibility index (Phi) is 4.87. The molecule has 5 heteroatoms. The van der Waals surface area contributed by atoms with Crippen molar-refractivity contribution in [2.24, 2.45) is 0 Å². The summed E-state index contributed by atoms with van der Waals surface area (Å²) in [6, 6.07) is 1.91. The molecule has 0 saturated carbocycles. The van der Waals surface area contributed by atoms with E-state index < -0.39 is 0 Å². The van der Waals surface area contributed by atoms with Gasteiger partial charge < -0.3 is 9.64 Å². The van der Waals surface area contributed by atoms with E-state index in [1.54, 1.807) is 11.9 Å². The van der Waals surface area contributed by atoms with Gasteiger partial charge in [0.15, 0.2) is 0 Å². The molecular weight excluding hydrogens is 218 g/mol. The van der Waals surface area contributed by atoms with E-state index in [0.29, 0.717) is 5.92 Å². The number of likely N-dealkylation sites (N-methyl/N-ethyl adjacent to an activating group) is 1. The van der Waals surface area contributed by atoms with Crippen LogP contribution in [0.4, 0.5) is 5.82 Å². The van der Waals surface area contributed by atoms with Gasteiger partial charge in [-0.1, -0.05) is 13.8 Å². The Hall–Kier alpha value is -1.65. The average molecular weight is 237 g/mol. The van der Waals surface area contributed by atoms with E-state index in [0.717, 1.165) is 17.9 Å². The van der Waals surface area contributed by atoms with Gasteiger partial charge in [-0.25, -0.2) is 9.97 Å². The van der Waals surface area contributed by atoms with Crippen LogP contribution < -0.4 is 4.90 Å². The van der Waals surface area contributed by atoms with Crippen molar-refractivity contribution >= 4 is 11.8 Å². The molecule has 0 amide bonds. The monoisotopic (exact) mass is 237 g/mol. The average Bonchev–Trinajstić information content (AvgIpc) is 2.37. The van der Waals surface area contributed by atoms with Crippen LogP contribution in [0.5, 0.6) is 0 Å². The van der Waals surface area contributed by atoms with E-state index in [-0.39, 0.29) is 12.5 Å². The SMILES string of the molecule is CCC(C)c1cc(N(C)CC(=O)OC)ncn1. The molecule has 1 aromatic rings. The van der Waals surface area contributed by atoms with Crippen molar-refractivity contribution < 1.29 is 9.53 Å². The minimum absolute atomic E-state index is 0.188. The Morgan fingerprint density at radius 1 is 1.53 bits per heavy atom. The smallest absolute Gasteiger partial charge is 0.325 e. The van der Waals surface area contributed by atoms with Gasteiger partial charge >= 0.3 is 5.97 Å². The second kappa shape index (κ2) is 6.18. The van der Waals surface area contributed by atoms with Gasteiger partial charge in [0.2, 0.25) is 0 Å². The highest BCUT2D eigenvalue weighted by Gasteiger charge is 2.11. The third-order valence-electron chi connectivity index (χ3n) is 2.78. The lowest BCUT2D eigenvalue weighted by Gasteiger charge is -2.17. The minimum atomic E-state index is -0.281. The number of aromatic nitrogens is 2. The summed E-state index contributed by atoms with van der Waals surface area (Å²) in [6.07, 6.45) is 2.56. The first-order valence-corrected chi connectivity index (χ1v) is 5.68. The van der Waals surface area contributed by atoms with Gasteiger partial charge in [0.05, 0.1) is 7.11 Å². The first-order chi connectivity index (χ1) is 8.08. The zero-order valence-electron chi connectivity index (χ0n) is 10.8. The number of carbonyl (C=O) groups is 1. The molecule has 0 aromatic carbocycles. The van der Waals surface area contributed by atoms with E-state index in [4.69, 9.17) is 0 Å². The molecule has 0 saturated heterocycles. The summed E-state index contributed by atoms with van der Waals surface area (Å²) in [5.41, 5.74) is 0.995. The van der Waals surface area contributed by atoms with E-state index in [2.05, 4.69) is 28.6 Å². The fourth-order valence-corrected chi connectivity index (χ4v) is 1.39. The maximum Gasteiger partial charge on any atom is 0.325 e. The van der Waals surface area contributed by atoms with Crippen LogP contribution in [0.25, 0.3) is 0 Å². The zero-order valence-corrected chi connectivity index (χ0v) is 10.8. The van der Waals surface area contributed by atoms with Crippen LogP contribution in [-0.4, -0.2) is 36.6 Å². The molecule has 1 rings (SSSR count). The Morgan fingerprint density at radius 2 is 2.24 bits per heavy atom. The van der Waals surface area contributed by atoms with Crippen molar-refractivity contribution in [2.45, 2.75) is 26.2 Å². The maximum atomic E-state index is 11.2.